The van der Waals surface area contributed by atoms with Crippen molar-refractivity contribution in [1.29, 1.82) is 0 Å². The Morgan fingerprint density at radius 1 is 0.741 bits per heavy atom. The van der Waals surface area contributed by atoms with Crippen molar-refractivity contribution in [2.45, 2.75) is 12.2 Å². The van der Waals surface area contributed by atoms with Gasteiger partial charge in [-0.3, -0.25) is 0 Å². The maximum Gasteiger partial charge on any atom is 0.231 e. The summed E-state index contributed by atoms with van der Waals surface area (Å²) in [5.74, 6) is 3.63. The molecule has 0 aromatic heterocycles. The van der Waals surface area contributed by atoms with E-state index in [-0.39, 0.29) is 19.0 Å². The Morgan fingerprint density at radius 3 is 2.07 bits per heavy atom. The van der Waals surface area contributed by atoms with Crippen LogP contribution in [0.25, 0.3) is 0 Å². The molecule has 6 nitrogen and oxygen atoms in total. The number of hydrogen-bond donors (Lipinski definition) is 0. The molecule has 3 aliphatic heterocycles. The van der Waals surface area contributed by atoms with Crippen molar-refractivity contribution >= 4 is 0 Å². The number of benzene rings is 2. The molecule has 0 aliphatic carbocycles. The fourth-order valence-corrected chi connectivity index (χ4v) is 4.35. The summed E-state index contributed by atoms with van der Waals surface area (Å²) in [5.41, 5.74) is 2.21. The third-order valence-electron chi connectivity index (χ3n) is 5.73. The third kappa shape index (κ3) is 2.71. The second kappa shape index (κ2) is 6.62. The second-order valence-electron chi connectivity index (χ2n) is 7.06. The highest BCUT2D eigenvalue weighted by Gasteiger charge is 2.48. The van der Waals surface area contributed by atoms with Gasteiger partial charge in [-0.05, 0) is 35.4 Å². The van der Waals surface area contributed by atoms with Gasteiger partial charge in [0.25, 0.3) is 0 Å². The molecule has 27 heavy (non-hydrogen) atoms. The largest absolute Gasteiger partial charge is 0.493 e. The molecule has 4 atom stereocenters. The number of fused-ring (bicyclic) bond motifs is 2. The lowest BCUT2D eigenvalue weighted by atomic mass is 9.85. The van der Waals surface area contributed by atoms with Crippen LogP contribution in [0.2, 0.25) is 0 Å². The Kier molecular flexibility index (Phi) is 4.10. The van der Waals surface area contributed by atoms with Gasteiger partial charge in [0.05, 0.1) is 39.6 Å². The van der Waals surface area contributed by atoms with E-state index in [1.54, 1.807) is 14.2 Å². The van der Waals surface area contributed by atoms with E-state index in [1.807, 2.05) is 30.3 Å². The van der Waals surface area contributed by atoms with Crippen LogP contribution in [-0.4, -0.2) is 34.2 Å². The second-order valence-corrected chi connectivity index (χ2v) is 7.06. The van der Waals surface area contributed by atoms with E-state index in [0.717, 1.165) is 28.4 Å². The molecule has 3 aliphatic rings. The van der Waals surface area contributed by atoms with Crippen molar-refractivity contribution in [1.82, 2.24) is 0 Å². The molecule has 0 radical (unpaired) electrons. The molecule has 5 rings (SSSR count). The summed E-state index contributed by atoms with van der Waals surface area (Å²) in [6, 6.07) is 12.0. The molecule has 0 N–H and O–H groups in total. The minimum atomic E-state index is -0.00573. The van der Waals surface area contributed by atoms with Crippen LogP contribution in [0.1, 0.15) is 23.3 Å². The minimum Gasteiger partial charge on any atom is -0.493 e. The lowest BCUT2D eigenvalue weighted by Crippen LogP contribution is -2.14. The van der Waals surface area contributed by atoms with Crippen molar-refractivity contribution in [3.05, 3.63) is 47.5 Å². The lowest BCUT2D eigenvalue weighted by Gasteiger charge is -2.18. The van der Waals surface area contributed by atoms with Crippen LogP contribution in [0.5, 0.6) is 23.0 Å². The predicted octanol–water partition coefficient (Wildman–Crippen LogP) is 3.51. The Hall–Kier alpha value is -2.44. The molecule has 2 aromatic carbocycles. The predicted molar refractivity (Wildman–Crippen MR) is 96.5 cm³/mol. The Balaban J connectivity index is 1.39. The molecular weight excluding hydrogens is 348 g/mol. The monoisotopic (exact) mass is 370 g/mol. The topological polar surface area (TPSA) is 55.4 Å². The summed E-state index contributed by atoms with van der Waals surface area (Å²) < 4.78 is 34.1. The molecule has 3 heterocycles. The van der Waals surface area contributed by atoms with Gasteiger partial charge in [0.2, 0.25) is 6.79 Å². The van der Waals surface area contributed by atoms with Gasteiger partial charge < -0.3 is 28.4 Å². The Bertz CT molecular complexity index is 851. The molecular formula is C21H22O6. The van der Waals surface area contributed by atoms with Crippen molar-refractivity contribution < 1.29 is 28.4 Å². The van der Waals surface area contributed by atoms with Gasteiger partial charge in [-0.25, -0.2) is 0 Å². The molecule has 2 aromatic rings. The molecule has 0 unspecified atom stereocenters. The fraction of sp³-hybridized carbons (Fsp3) is 0.429. The molecule has 0 spiro atoms. The van der Waals surface area contributed by atoms with Gasteiger partial charge in [-0.15, -0.1) is 0 Å². The zero-order chi connectivity index (χ0) is 18.4. The smallest absolute Gasteiger partial charge is 0.231 e. The van der Waals surface area contributed by atoms with Crippen LogP contribution in [0, 0.1) is 11.8 Å². The number of methoxy groups -OCH3 is 2. The van der Waals surface area contributed by atoms with Gasteiger partial charge in [0, 0.05) is 11.8 Å². The van der Waals surface area contributed by atoms with Crippen LogP contribution >= 0.6 is 0 Å². The number of ether oxygens (including phenoxy) is 6. The first kappa shape index (κ1) is 16.7. The zero-order valence-electron chi connectivity index (χ0n) is 15.3. The van der Waals surface area contributed by atoms with Crippen molar-refractivity contribution in [2.75, 3.05) is 34.2 Å². The molecule has 0 bridgehead atoms. The van der Waals surface area contributed by atoms with Crippen LogP contribution in [0.4, 0.5) is 0 Å². The summed E-state index contributed by atoms with van der Waals surface area (Å²) in [6.45, 7) is 1.62. The summed E-state index contributed by atoms with van der Waals surface area (Å²) in [5, 5.41) is 0. The van der Waals surface area contributed by atoms with E-state index >= 15 is 0 Å². The fourth-order valence-electron chi connectivity index (χ4n) is 4.35. The summed E-state index contributed by atoms with van der Waals surface area (Å²) in [6.07, 6.45) is 0.00320. The van der Waals surface area contributed by atoms with Crippen molar-refractivity contribution in [3.63, 3.8) is 0 Å². The Morgan fingerprint density at radius 2 is 1.37 bits per heavy atom. The summed E-state index contributed by atoms with van der Waals surface area (Å²) in [4.78, 5) is 0. The normalized spacial score (nSPS) is 28.2. The van der Waals surface area contributed by atoms with Gasteiger partial charge >= 0.3 is 0 Å². The van der Waals surface area contributed by atoms with Crippen LogP contribution < -0.4 is 18.9 Å². The van der Waals surface area contributed by atoms with Crippen LogP contribution in [0.15, 0.2) is 36.4 Å². The molecule has 2 saturated heterocycles. The first-order valence-electron chi connectivity index (χ1n) is 9.13. The maximum absolute atomic E-state index is 6.19. The van der Waals surface area contributed by atoms with Gasteiger partial charge in [-0.1, -0.05) is 12.1 Å². The van der Waals surface area contributed by atoms with Crippen LogP contribution in [-0.2, 0) is 9.47 Å². The van der Waals surface area contributed by atoms with E-state index in [0.29, 0.717) is 30.8 Å². The summed E-state index contributed by atoms with van der Waals surface area (Å²) >= 11 is 0. The maximum atomic E-state index is 6.19. The average molecular weight is 370 g/mol. The quantitative estimate of drug-likeness (QED) is 0.821. The molecule has 6 heteroatoms. The molecule has 0 saturated carbocycles. The van der Waals surface area contributed by atoms with E-state index in [9.17, 15) is 0 Å². The molecule has 0 amide bonds. The van der Waals surface area contributed by atoms with Gasteiger partial charge in [0.15, 0.2) is 23.0 Å². The van der Waals surface area contributed by atoms with Gasteiger partial charge in [0.1, 0.15) is 0 Å². The third-order valence-corrected chi connectivity index (χ3v) is 5.73. The minimum absolute atomic E-state index is 0.00573. The highest BCUT2D eigenvalue weighted by molar-refractivity contribution is 5.46. The highest BCUT2D eigenvalue weighted by atomic mass is 16.7. The molecule has 2 fully saturated rings. The summed E-state index contributed by atoms with van der Waals surface area (Å²) in [7, 11) is 3.29. The number of hydrogen-bond acceptors (Lipinski definition) is 6. The first-order valence-corrected chi connectivity index (χ1v) is 9.13. The van der Waals surface area contributed by atoms with E-state index in [1.165, 1.54) is 0 Å². The zero-order valence-corrected chi connectivity index (χ0v) is 15.3. The van der Waals surface area contributed by atoms with Crippen molar-refractivity contribution in [3.8, 4) is 23.0 Å². The SMILES string of the molecule is COc1ccc([C@H]2OC[C@H]3[C@@H]2CO[C@H]3c2ccc3c(c2)OCO3)cc1OC. The van der Waals surface area contributed by atoms with E-state index < -0.39 is 0 Å². The standard InChI is InChI=1S/C21H22O6/c1-22-16-5-3-12(7-18(16)23-2)20-14-9-25-21(15(14)10-24-20)13-4-6-17-19(8-13)27-11-26-17/h3-8,14-15,20-21H,9-11H2,1-2H3/t14-,15-,20+,21-/m0/s1. The van der Waals surface area contributed by atoms with Crippen molar-refractivity contribution in [2.24, 2.45) is 11.8 Å². The van der Waals surface area contributed by atoms with E-state index in [4.69, 9.17) is 28.4 Å². The van der Waals surface area contributed by atoms with Crippen LogP contribution in [0.3, 0.4) is 0 Å². The molecule has 142 valence electrons. The number of rotatable bonds is 4. The van der Waals surface area contributed by atoms with E-state index in [2.05, 4.69) is 6.07 Å². The highest BCUT2D eigenvalue weighted by Crippen LogP contribution is 2.51. The Labute approximate surface area is 157 Å². The first-order chi connectivity index (χ1) is 13.3. The van der Waals surface area contributed by atoms with Gasteiger partial charge in [-0.2, -0.15) is 0 Å². The lowest BCUT2D eigenvalue weighted by molar-refractivity contribution is 0.0191. The average Bonchev–Trinajstić information content (AvgIpc) is 3.42.